The second kappa shape index (κ2) is 10.8. The van der Waals surface area contributed by atoms with Crippen molar-refractivity contribution in [2.75, 3.05) is 7.11 Å². The highest BCUT2D eigenvalue weighted by atomic mass is 16.5. The van der Waals surface area contributed by atoms with Crippen LogP contribution in [-0.4, -0.2) is 23.8 Å². The van der Waals surface area contributed by atoms with E-state index in [1.165, 1.54) is 0 Å². The zero-order valence-corrected chi connectivity index (χ0v) is 20.3. The Hall–Kier alpha value is -4.90. The average molecular weight is 488 g/mol. The van der Waals surface area contributed by atoms with Gasteiger partial charge in [-0.15, -0.1) is 0 Å². The number of fused-ring (bicyclic) bond motifs is 1. The van der Waals surface area contributed by atoms with E-state index in [-0.39, 0.29) is 5.78 Å². The molecule has 0 bridgehead atoms. The number of nitrogens with one attached hydrogen (secondary N) is 1. The number of H-pyrrole nitrogens is 1. The van der Waals surface area contributed by atoms with Crippen LogP contribution in [0.25, 0.3) is 22.6 Å². The van der Waals surface area contributed by atoms with Gasteiger partial charge in [0.15, 0.2) is 6.10 Å². The first-order valence-corrected chi connectivity index (χ1v) is 11.9. The van der Waals surface area contributed by atoms with Crippen LogP contribution in [0.3, 0.4) is 0 Å². The molecule has 1 N–H and O–H groups in total. The van der Waals surface area contributed by atoms with Gasteiger partial charge >= 0.3 is 5.97 Å². The van der Waals surface area contributed by atoms with E-state index in [9.17, 15) is 9.59 Å². The number of carbonyl (C=O) groups excluding carboxylic acids is 2. The maximum absolute atomic E-state index is 13.8. The van der Waals surface area contributed by atoms with Gasteiger partial charge in [-0.3, -0.25) is 4.79 Å². The zero-order chi connectivity index (χ0) is 25.6. The van der Waals surface area contributed by atoms with Crippen molar-refractivity contribution in [1.29, 1.82) is 0 Å². The number of aromatic nitrogens is 1. The van der Waals surface area contributed by atoms with Gasteiger partial charge < -0.3 is 14.5 Å². The highest BCUT2D eigenvalue weighted by Gasteiger charge is 2.29. The van der Waals surface area contributed by atoms with E-state index in [0.717, 1.165) is 16.5 Å². The van der Waals surface area contributed by atoms with Crippen molar-refractivity contribution >= 4 is 34.3 Å². The van der Waals surface area contributed by atoms with Crippen LogP contribution in [0.5, 0.6) is 5.75 Å². The number of hydrogen-bond acceptors (Lipinski definition) is 4. The van der Waals surface area contributed by atoms with E-state index in [0.29, 0.717) is 28.0 Å². The van der Waals surface area contributed by atoms with Crippen molar-refractivity contribution < 1.29 is 19.1 Å². The fraction of sp³-hybridized carbons (Fsp3) is 0.0625. The van der Waals surface area contributed by atoms with E-state index in [2.05, 4.69) is 4.98 Å². The highest BCUT2D eigenvalue weighted by Crippen LogP contribution is 2.31. The fourth-order valence-electron chi connectivity index (χ4n) is 4.31. The molecule has 1 aromatic heterocycles. The Balaban J connectivity index is 1.57. The summed E-state index contributed by atoms with van der Waals surface area (Å²) < 4.78 is 11.5. The first kappa shape index (κ1) is 23.8. The SMILES string of the molecule is COc1ccccc1/C=C(/C(=O)O[C@@H](C(=O)c1c[nH]c2ccccc12)c1ccccc1)c1ccccc1. The molecular weight excluding hydrogens is 462 g/mol. The Morgan fingerprint density at radius 1 is 0.784 bits per heavy atom. The third-order valence-electron chi connectivity index (χ3n) is 6.16. The number of ketones is 1. The molecule has 0 aliphatic rings. The van der Waals surface area contributed by atoms with Crippen molar-refractivity contribution in [1.82, 2.24) is 4.98 Å². The number of ether oxygens (including phenoxy) is 2. The first-order chi connectivity index (χ1) is 18.2. The van der Waals surface area contributed by atoms with Crippen LogP contribution in [0.4, 0.5) is 0 Å². The van der Waals surface area contributed by atoms with Crippen LogP contribution in [0.1, 0.15) is 33.2 Å². The molecule has 1 heterocycles. The lowest BCUT2D eigenvalue weighted by Crippen LogP contribution is -2.21. The Morgan fingerprint density at radius 2 is 1.43 bits per heavy atom. The topological polar surface area (TPSA) is 68.4 Å². The van der Waals surface area contributed by atoms with Crippen LogP contribution in [-0.2, 0) is 9.53 Å². The number of rotatable bonds is 8. The summed E-state index contributed by atoms with van der Waals surface area (Å²) in [7, 11) is 1.58. The van der Waals surface area contributed by atoms with Crippen molar-refractivity contribution in [3.8, 4) is 5.75 Å². The molecule has 0 aliphatic heterocycles. The second-order valence-electron chi connectivity index (χ2n) is 8.47. The third-order valence-corrected chi connectivity index (χ3v) is 6.16. The number of benzene rings is 4. The predicted molar refractivity (Wildman–Crippen MR) is 145 cm³/mol. The molecule has 0 spiro atoms. The molecular formula is C32H25NO4. The molecule has 0 aliphatic carbocycles. The van der Waals surface area contributed by atoms with Gasteiger partial charge in [-0.05, 0) is 23.8 Å². The summed E-state index contributed by atoms with van der Waals surface area (Å²) in [5.74, 6) is -0.293. The summed E-state index contributed by atoms with van der Waals surface area (Å²) in [5, 5.41) is 0.775. The number of hydrogen-bond donors (Lipinski definition) is 1. The van der Waals surface area contributed by atoms with Crippen LogP contribution in [0.2, 0.25) is 0 Å². The van der Waals surface area contributed by atoms with Gasteiger partial charge in [0, 0.05) is 33.8 Å². The molecule has 0 unspecified atom stereocenters. The van der Waals surface area contributed by atoms with Gasteiger partial charge in [-0.25, -0.2) is 4.79 Å². The molecule has 37 heavy (non-hydrogen) atoms. The maximum Gasteiger partial charge on any atom is 0.339 e. The fourth-order valence-corrected chi connectivity index (χ4v) is 4.31. The summed E-state index contributed by atoms with van der Waals surface area (Å²) in [5.41, 5.74) is 3.61. The average Bonchev–Trinajstić information content (AvgIpc) is 3.39. The largest absolute Gasteiger partial charge is 0.496 e. The van der Waals surface area contributed by atoms with Gasteiger partial charge in [0.05, 0.1) is 12.7 Å². The lowest BCUT2D eigenvalue weighted by Gasteiger charge is -2.19. The number of aromatic amines is 1. The normalized spacial score (nSPS) is 12.2. The van der Waals surface area contributed by atoms with Gasteiger partial charge in [0.2, 0.25) is 5.78 Å². The summed E-state index contributed by atoms with van der Waals surface area (Å²) in [4.78, 5) is 30.8. The quantitative estimate of drug-likeness (QED) is 0.112. The summed E-state index contributed by atoms with van der Waals surface area (Å²) in [6.45, 7) is 0. The summed E-state index contributed by atoms with van der Waals surface area (Å²) in [6, 6.07) is 33.3. The Kier molecular flexibility index (Phi) is 6.95. The molecule has 0 amide bonds. The van der Waals surface area contributed by atoms with Gasteiger partial charge in [0.1, 0.15) is 5.75 Å². The standard InChI is InChI=1S/C32H25NO4/c1-36-29-19-11-8-16-24(29)20-26(22-12-4-2-5-13-22)32(35)37-31(23-14-6-3-7-15-23)30(34)27-21-33-28-18-10-9-17-25(27)28/h2-21,31,33H,1H3/b26-20+/t31-/m1/s1. The first-order valence-electron chi connectivity index (χ1n) is 11.9. The third kappa shape index (κ3) is 5.07. The smallest absolute Gasteiger partial charge is 0.339 e. The Morgan fingerprint density at radius 3 is 2.19 bits per heavy atom. The molecule has 5 rings (SSSR count). The maximum atomic E-state index is 13.8. The summed E-state index contributed by atoms with van der Waals surface area (Å²) >= 11 is 0. The predicted octanol–water partition coefficient (Wildman–Crippen LogP) is 6.88. The van der Waals surface area contributed by atoms with Crippen LogP contribution >= 0.6 is 0 Å². The minimum Gasteiger partial charge on any atom is -0.496 e. The number of Topliss-reactive ketones (excluding diaryl/α,β-unsaturated/α-hetero) is 1. The molecule has 5 heteroatoms. The molecule has 0 saturated heterocycles. The van der Waals surface area contributed by atoms with E-state index in [1.54, 1.807) is 31.5 Å². The van der Waals surface area contributed by atoms with E-state index >= 15 is 0 Å². The number of carbonyl (C=O) groups is 2. The van der Waals surface area contributed by atoms with Gasteiger partial charge in [-0.2, -0.15) is 0 Å². The molecule has 1 atom stereocenters. The number of esters is 1. The highest BCUT2D eigenvalue weighted by molar-refractivity contribution is 6.22. The molecule has 182 valence electrons. The van der Waals surface area contributed by atoms with Crippen molar-refractivity contribution in [3.63, 3.8) is 0 Å². The molecule has 5 aromatic rings. The summed E-state index contributed by atoms with van der Waals surface area (Å²) in [6.07, 6.45) is 2.27. The van der Waals surface area contributed by atoms with Crippen LogP contribution < -0.4 is 4.74 Å². The minimum atomic E-state index is -1.13. The molecule has 0 radical (unpaired) electrons. The minimum absolute atomic E-state index is 0.304. The monoisotopic (exact) mass is 487 g/mol. The van der Waals surface area contributed by atoms with Crippen molar-refractivity contribution in [3.05, 3.63) is 138 Å². The van der Waals surface area contributed by atoms with Gasteiger partial charge in [0.25, 0.3) is 0 Å². The van der Waals surface area contributed by atoms with Crippen molar-refractivity contribution in [2.45, 2.75) is 6.10 Å². The van der Waals surface area contributed by atoms with E-state index in [1.807, 2.05) is 97.1 Å². The second-order valence-corrected chi connectivity index (χ2v) is 8.47. The van der Waals surface area contributed by atoms with E-state index in [4.69, 9.17) is 9.47 Å². The van der Waals surface area contributed by atoms with E-state index < -0.39 is 12.1 Å². The van der Waals surface area contributed by atoms with Crippen LogP contribution in [0, 0.1) is 0 Å². The van der Waals surface area contributed by atoms with Crippen LogP contribution in [0.15, 0.2) is 115 Å². The molecule has 5 nitrogen and oxygen atoms in total. The van der Waals surface area contributed by atoms with Gasteiger partial charge in [-0.1, -0.05) is 97.1 Å². The molecule has 0 saturated carbocycles. The van der Waals surface area contributed by atoms with Crippen molar-refractivity contribution in [2.24, 2.45) is 0 Å². The molecule has 0 fully saturated rings. The zero-order valence-electron chi connectivity index (χ0n) is 20.3. The number of para-hydroxylation sites is 2. The number of methoxy groups -OCH3 is 1. The lowest BCUT2D eigenvalue weighted by atomic mass is 9.98. The Bertz CT molecular complexity index is 1570. The lowest BCUT2D eigenvalue weighted by molar-refractivity contribution is -0.140. The molecule has 4 aromatic carbocycles. The Labute approximate surface area is 215 Å².